The Morgan fingerprint density at radius 2 is 1.90 bits per heavy atom. The summed E-state index contributed by atoms with van der Waals surface area (Å²) in [5.41, 5.74) is 10.9. The van der Waals surface area contributed by atoms with E-state index < -0.39 is 10.6 Å². The number of benzene rings is 2. The van der Waals surface area contributed by atoms with Gasteiger partial charge < -0.3 is 10.6 Å². The molecule has 0 aliphatic heterocycles. The van der Waals surface area contributed by atoms with Crippen LogP contribution in [0.1, 0.15) is 18.1 Å². The van der Waals surface area contributed by atoms with E-state index in [2.05, 4.69) is 44.5 Å². The predicted molar refractivity (Wildman–Crippen MR) is 114 cm³/mol. The first kappa shape index (κ1) is 19.7. The molecule has 2 aromatic carbocycles. The fraction of sp³-hybridized carbons (Fsp3) is 0.150. The first-order valence-electron chi connectivity index (χ1n) is 9.01. The van der Waals surface area contributed by atoms with Crippen molar-refractivity contribution < 1.29 is 4.92 Å². The average Bonchev–Trinajstić information content (AvgIpc) is 2.73. The number of hydrogen-bond donors (Lipinski definition) is 2. The van der Waals surface area contributed by atoms with E-state index >= 15 is 0 Å². The van der Waals surface area contributed by atoms with Gasteiger partial charge in [0.25, 0.3) is 0 Å². The third kappa shape index (κ3) is 5.04. The summed E-state index contributed by atoms with van der Waals surface area (Å²) in [7, 11) is 0. The van der Waals surface area contributed by atoms with Crippen molar-refractivity contribution in [2.24, 2.45) is 5.10 Å². The van der Waals surface area contributed by atoms with E-state index in [-0.39, 0.29) is 11.6 Å². The van der Waals surface area contributed by atoms with Crippen LogP contribution in [0.15, 0.2) is 66.0 Å². The summed E-state index contributed by atoms with van der Waals surface area (Å²) in [6.07, 6.45) is 2.69. The third-order valence-corrected chi connectivity index (χ3v) is 4.27. The normalized spacial score (nSPS) is 10.8. The van der Waals surface area contributed by atoms with Crippen molar-refractivity contribution in [2.45, 2.75) is 13.5 Å². The molecule has 0 amide bonds. The van der Waals surface area contributed by atoms with E-state index in [9.17, 15) is 10.1 Å². The summed E-state index contributed by atoms with van der Waals surface area (Å²) in [5, 5.41) is 15.1. The lowest BCUT2D eigenvalue weighted by Gasteiger charge is -2.23. The molecule has 29 heavy (non-hydrogen) atoms. The number of nitrogens with two attached hydrogens (primary N) is 1. The third-order valence-electron chi connectivity index (χ3n) is 4.27. The van der Waals surface area contributed by atoms with Crippen LogP contribution >= 0.6 is 0 Å². The molecule has 9 heteroatoms. The molecule has 0 aliphatic carbocycles. The molecule has 0 bridgehead atoms. The summed E-state index contributed by atoms with van der Waals surface area (Å²) in [5.74, 6) is -0.277. The molecule has 0 spiro atoms. The van der Waals surface area contributed by atoms with Crippen LogP contribution in [0.5, 0.6) is 0 Å². The Labute approximate surface area is 168 Å². The number of aromatic nitrogens is 2. The van der Waals surface area contributed by atoms with Crippen LogP contribution in [-0.2, 0) is 6.54 Å². The van der Waals surface area contributed by atoms with Gasteiger partial charge in [0.15, 0.2) is 0 Å². The van der Waals surface area contributed by atoms with Crippen molar-refractivity contribution in [2.75, 3.05) is 22.6 Å². The van der Waals surface area contributed by atoms with Gasteiger partial charge in [0, 0.05) is 18.8 Å². The zero-order valence-electron chi connectivity index (χ0n) is 15.9. The smallest absolute Gasteiger partial charge is 0.354 e. The van der Waals surface area contributed by atoms with Gasteiger partial charge in [-0.25, -0.2) is 9.97 Å². The van der Waals surface area contributed by atoms with Gasteiger partial charge in [0.2, 0.25) is 11.6 Å². The SMILES string of the molecule is CCN(Cc1ccccc1)c1ccc(C=NNc2ncnc(N)c2[N+](=O)[O-])cc1. The van der Waals surface area contributed by atoms with Gasteiger partial charge in [-0.05, 0) is 30.2 Å². The molecule has 9 nitrogen and oxygen atoms in total. The molecule has 0 unspecified atom stereocenters. The first-order valence-corrected chi connectivity index (χ1v) is 9.01. The van der Waals surface area contributed by atoms with Crippen LogP contribution < -0.4 is 16.1 Å². The zero-order chi connectivity index (χ0) is 20.6. The Morgan fingerprint density at radius 3 is 2.55 bits per heavy atom. The number of anilines is 3. The molecular formula is C20H21N7O2. The number of hydrazone groups is 1. The van der Waals surface area contributed by atoms with E-state index in [1.165, 1.54) is 5.56 Å². The first-order chi connectivity index (χ1) is 14.1. The van der Waals surface area contributed by atoms with Gasteiger partial charge in [-0.15, -0.1) is 0 Å². The topological polar surface area (TPSA) is 123 Å². The highest BCUT2D eigenvalue weighted by molar-refractivity contribution is 5.81. The molecule has 3 rings (SSSR count). The number of rotatable bonds is 8. The van der Waals surface area contributed by atoms with Gasteiger partial charge in [-0.1, -0.05) is 42.5 Å². The van der Waals surface area contributed by atoms with Crippen molar-refractivity contribution >= 4 is 29.2 Å². The lowest BCUT2D eigenvalue weighted by molar-refractivity contribution is -0.383. The molecule has 0 aliphatic rings. The Morgan fingerprint density at radius 1 is 1.17 bits per heavy atom. The number of nitrogens with one attached hydrogen (secondary N) is 1. The average molecular weight is 391 g/mol. The van der Waals surface area contributed by atoms with Gasteiger partial charge in [0.05, 0.1) is 11.1 Å². The molecule has 0 saturated carbocycles. The second-order valence-electron chi connectivity index (χ2n) is 6.17. The van der Waals surface area contributed by atoms with Gasteiger partial charge >= 0.3 is 5.69 Å². The van der Waals surface area contributed by atoms with Crippen molar-refractivity contribution in [1.29, 1.82) is 0 Å². The largest absolute Gasteiger partial charge is 0.378 e. The quantitative estimate of drug-likeness (QED) is 0.342. The minimum Gasteiger partial charge on any atom is -0.378 e. The molecule has 3 N–H and O–H groups in total. The molecule has 0 atom stereocenters. The van der Waals surface area contributed by atoms with Crippen molar-refractivity contribution in [3.63, 3.8) is 0 Å². The molecule has 148 valence electrons. The van der Waals surface area contributed by atoms with Crippen molar-refractivity contribution in [3.8, 4) is 0 Å². The molecule has 0 saturated heterocycles. The fourth-order valence-electron chi connectivity index (χ4n) is 2.78. The number of hydrogen-bond acceptors (Lipinski definition) is 8. The standard InChI is InChI=1S/C20H21N7O2/c1-2-26(13-16-6-4-3-5-7-16)17-10-8-15(9-11-17)12-24-25-20-18(27(28)29)19(21)22-14-23-20/h3-12,14H,2,13H2,1H3,(H3,21,22,23,25). The number of nitrogens with zero attached hydrogens (tertiary/aromatic N) is 5. The maximum atomic E-state index is 11.1. The van der Waals surface area contributed by atoms with E-state index in [0.29, 0.717) is 0 Å². The van der Waals surface area contributed by atoms with Gasteiger partial charge in [0.1, 0.15) is 6.33 Å². The minimum absolute atomic E-state index is 0.0598. The molecule has 1 heterocycles. The molecular weight excluding hydrogens is 370 g/mol. The van der Waals surface area contributed by atoms with Gasteiger partial charge in [-0.2, -0.15) is 5.10 Å². The van der Waals surface area contributed by atoms with Crippen molar-refractivity contribution in [1.82, 2.24) is 9.97 Å². The van der Waals surface area contributed by atoms with E-state index in [1.54, 1.807) is 6.21 Å². The van der Waals surface area contributed by atoms with Crippen LogP contribution in [0.2, 0.25) is 0 Å². The maximum Gasteiger partial charge on any atom is 0.354 e. The predicted octanol–water partition coefficient (Wildman–Crippen LogP) is 3.44. The molecule has 0 fully saturated rings. The highest BCUT2D eigenvalue weighted by Crippen LogP contribution is 2.26. The summed E-state index contributed by atoms with van der Waals surface area (Å²) in [6.45, 7) is 3.82. The van der Waals surface area contributed by atoms with Crippen LogP contribution in [0.3, 0.4) is 0 Å². The van der Waals surface area contributed by atoms with Crippen molar-refractivity contribution in [3.05, 3.63) is 82.2 Å². The van der Waals surface area contributed by atoms with Crippen LogP contribution in [0.4, 0.5) is 23.0 Å². The summed E-state index contributed by atoms with van der Waals surface area (Å²) >= 11 is 0. The number of nitro groups is 1. The number of nitrogen functional groups attached to an aromatic ring is 1. The van der Waals surface area contributed by atoms with Crippen LogP contribution in [0, 0.1) is 10.1 Å². The monoisotopic (exact) mass is 391 g/mol. The van der Waals surface area contributed by atoms with Gasteiger partial charge in [-0.3, -0.25) is 15.5 Å². The highest BCUT2D eigenvalue weighted by atomic mass is 16.6. The Kier molecular flexibility index (Phi) is 6.31. The summed E-state index contributed by atoms with van der Waals surface area (Å²) in [4.78, 5) is 20.1. The van der Waals surface area contributed by atoms with E-state index in [4.69, 9.17) is 5.73 Å². The van der Waals surface area contributed by atoms with Crippen LogP contribution in [-0.4, -0.2) is 27.7 Å². The Hall–Kier alpha value is -4.01. The van der Waals surface area contributed by atoms with E-state index in [1.807, 2.05) is 42.5 Å². The summed E-state index contributed by atoms with van der Waals surface area (Å²) < 4.78 is 0. The molecule has 1 aromatic heterocycles. The van der Waals surface area contributed by atoms with Crippen LogP contribution in [0.25, 0.3) is 0 Å². The second-order valence-corrected chi connectivity index (χ2v) is 6.17. The maximum absolute atomic E-state index is 11.1. The zero-order valence-corrected chi connectivity index (χ0v) is 15.9. The summed E-state index contributed by atoms with van der Waals surface area (Å²) in [6, 6.07) is 18.2. The minimum atomic E-state index is -0.645. The lowest BCUT2D eigenvalue weighted by atomic mass is 10.1. The Bertz CT molecular complexity index is 991. The molecule has 0 radical (unpaired) electrons. The Balaban J connectivity index is 1.67. The second kappa shape index (κ2) is 9.27. The lowest BCUT2D eigenvalue weighted by Crippen LogP contribution is -2.21. The molecule has 3 aromatic rings. The van der Waals surface area contributed by atoms with E-state index in [0.717, 1.165) is 30.7 Å². The highest BCUT2D eigenvalue weighted by Gasteiger charge is 2.20. The fourth-order valence-corrected chi connectivity index (χ4v) is 2.78.